The first-order chi connectivity index (χ1) is 11.9. The van der Waals surface area contributed by atoms with Gasteiger partial charge in [0.2, 0.25) is 10.0 Å². The summed E-state index contributed by atoms with van der Waals surface area (Å²) in [6.45, 7) is 2.99. The van der Waals surface area contributed by atoms with Crippen molar-refractivity contribution in [3.63, 3.8) is 0 Å². The topological polar surface area (TPSA) is 58.6 Å². The van der Waals surface area contributed by atoms with Gasteiger partial charge in [-0.05, 0) is 36.8 Å². The van der Waals surface area contributed by atoms with Crippen molar-refractivity contribution in [2.24, 2.45) is 0 Å². The summed E-state index contributed by atoms with van der Waals surface area (Å²) in [4.78, 5) is 0.135. The number of piperazine rings is 1. The number of hydrogen-bond donors (Lipinski definition) is 1. The molecule has 1 fully saturated rings. The third-order valence-corrected chi connectivity index (χ3v) is 6.48. The van der Waals surface area contributed by atoms with Gasteiger partial charge in [0.05, 0.1) is 18.0 Å². The number of halogens is 2. The lowest BCUT2D eigenvalue weighted by atomic mass is 10.0. The van der Waals surface area contributed by atoms with Crippen LogP contribution >= 0.6 is 12.4 Å². The highest BCUT2D eigenvalue weighted by Gasteiger charge is 2.36. The van der Waals surface area contributed by atoms with E-state index in [9.17, 15) is 12.8 Å². The van der Waals surface area contributed by atoms with Crippen LogP contribution in [0, 0.1) is 12.7 Å². The monoisotopic (exact) mass is 400 g/mol. The molecule has 1 aliphatic heterocycles. The second kappa shape index (κ2) is 8.35. The summed E-state index contributed by atoms with van der Waals surface area (Å²) in [6.07, 6.45) is 0. The fourth-order valence-electron chi connectivity index (χ4n) is 3.21. The second-order valence-electron chi connectivity index (χ2n) is 5.99. The van der Waals surface area contributed by atoms with E-state index in [1.807, 2.05) is 24.3 Å². The van der Waals surface area contributed by atoms with E-state index < -0.39 is 15.8 Å². The molecule has 3 rings (SSSR count). The quantitative estimate of drug-likeness (QED) is 0.857. The van der Waals surface area contributed by atoms with Crippen LogP contribution < -0.4 is 10.1 Å². The number of rotatable bonds is 4. The zero-order chi connectivity index (χ0) is 18.0. The lowest BCUT2D eigenvalue weighted by molar-refractivity contribution is 0.264. The first-order valence-electron chi connectivity index (χ1n) is 8.07. The highest BCUT2D eigenvalue weighted by Crippen LogP contribution is 2.34. The van der Waals surface area contributed by atoms with Crippen molar-refractivity contribution in [2.75, 3.05) is 26.7 Å². The van der Waals surface area contributed by atoms with E-state index in [2.05, 4.69) is 5.32 Å². The zero-order valence-corrected chi connectivity index (χ0v) is 16.2. The smallest absolute Gasteiger partial charge is 0.243 e. The molecule has 2 aromatic carbocycles. The predicted octanol–water partition coefficient (Wildman–Crippen LogP) is 2.90. The molecule has 0 aliphatic carbocycles. The van der Waals surface area contributed by atoms with E-state index in [1.165, 1.54) is 22.5 Å². The van der Waals surface area contributed by atoms with E-state index in [4.69, 9.17) is 4.74 Å². The number of nitrogens with zero attached hydrogens (tertiary/aromatic N) is 1. The van der Waals surface area contributed by atoms with Crippen LogP contribution in [0.4, 0.5) is 4.39 Å². The Labute approximate surface area is 159 Å². The first-order valence-corrected chi connectivity index (χ1v) is 9.51. The largest absolute Gasteiger partial charge is 0.496 e. The molecule has 26 heavy (non-hydrogen) atoms. The van der Waals surface area contributed by atoms with Gasteiger partial charge in [-0.3, -0.25) is 0 Å². The molecule has 1 saturated heterocycles. The molecule has 0 spiro atoms. The highest BCUT2D eigenvalue weighted by molar-refractivity contribution is 7.89. The van der Waals surface area contributed by atoms with Crippen LogP contribution in [0.5, 0.6) is 5.75 Å². The minimum atomic E-state index is -3.76. The van der Waals surface area contributed by atoms with Crippen molar-refractivity contribution in [3.05, 3.63) is 59.4 Å². The summed E-state index contributed by atoms with van der Waals surface area (Å²) in [7, 11) is -2.19. The van der Waals surface area contributed by atoms with Crippen molar-refractivity contribution in [1.29, 1.82) is 0 Å². The Morgan fingerprint density at radius 1 is 1.23 bits per heavy atom. The number of para-hydroxylation sites is 1. The third kappa shape index (κ3) is 3.86. The molecule has 2 aromatic rings. The van der Waals surface area contributed by atoms with Crippen LogP contribution in [0.15, 0.2) is 47.4 Å². The average Bonchev–Trinajstić information content (AvgIpc) is 2.61. The molecule has 1 aliphatic rings. The maximum absolute atomic E-state index is 13.4. The molecule has 1 N–H and O–H groups in total. The fraction of sp³-hybridized carbons (Fsp3) is 0.333. The van der Waals surface area contributed by atoms with Crippen LogP contribution in [0.2, 0.25) is 0 Å². The standard InChI is InChI=1S/C18H21FN2O3S.ClH/c1-13-11-14(19)7-8-18(13)25(22,23)21-10-9-20-12-16(21)15-5-3-4-6-17(15)24-2;/h3-8,11,16,20H,9-10,12H2,1-2H3;1H. The Kier molecular flexibility index (Phi) is 6.63. The third-order valence-electron chi connectivity index (χ3n) is 4.42. The van der Waals surface area contributed by atoms with Gasteiger partial charge in [-0.25, -0.2) is 12.8 Å². The summed E-state index contributed by atoms with van der Waals surface area (Å²) in [6, 6.07) is 10.8. The molecule has 1 atom stereocenters. The second-order valence-corrected chi connectivity index (χ2v) is 7.85. The summed E-state index contributed by atoms with van der Waals surface area (Å²) < 4.78 is 46.7. The Morgan fingerprint density at radius 2 is 1.96 bits per heavy atom. The van der Waals surface area contributed by atoms with Crippen molar-refractivity contribution in [1.82, 2.24) is 9.62 Å². The lowest BCUT2D eigenvalue weighted by Gasteiger charge is -2.36. The normalized spacial score (nSPS) is 18.2. The minimum Gasteiger partial charge on any atom is -0.496 e. The summed E-state index contributed by atoms with van der Waals surface area (Å²) in [5, 5.41) is 3.24. The van der Waals surface area contributed by atoms with Gasteiger partial charge in [-0.1, -0.05) is 18.2 Å². The molecule has 0 bridgehead atoms. The number of ether oxygens (including phenoxy) is 1. The van der Waals surface area contributed by atoms with Crippen LogP contribution in [0.1, 0.15) is 17.2 Å². The van der Waals surface area contributed by atoms with E-state index in [0.717, 1.165) is 5.56 Å². The maximum Gasteiger partial charge on any atom is 0.243 e. The molecular weight excluding hydrogens is 379 g/mol. The lowest BCUT2D eigenvalue weighted by Crippen LogP contribution is -2.48. The SMILES string of the molecule is COc1ccccc1C1CNCCN1S(=O)(=O)c1ccc(F)cc1C.Cl. The molecule has 0 radical (unpaired) electrons. The molecule has 5 nitrogen and oxygen atoms in total. The van der Waals surface area contributed by atoms with Gasteiger partial charge in [0.25, 0.3) is 0 Å². The van der Waals surface area contributed by atoms with Gasteiger partial charge < -0.3 is 10.1 Å². The van der Waals surface area contributed by atoms with E-state index >= 15 is 0 Å². The Hall–Kier alpha value is -1.67. The molecule has 1 unspecified atom stereocenters. The van der Waals surface area contributed by atoms with Crippen LogP contribution in [0.3, 0.4) is 0 Å². The molecule has 1 heterocycles. The molecule has 8 heteroatoms. The number of methoxy groups -OCH3 is 1. The summed E-state index contributed by atoms with van der Waals surface area (Å²) in [5.74, 6) is 0.199. The van der Waals surface area contributed by atoms with Crippen LogP contribution in [-0.4, -0.2) is 39.5 Å². The average molecular weight is 401 g/mol. The van der Waals surface area contributed by atoms with Crippen molar-refractivity contribution >= 4 is 22.4 Å². The highest BCUT2D eigenvalue weighted by atomic mass is 35.5. The first kappa shape index (κ1) is 20.6. The number of hydrogen-bond acceptors (Lipinski definition) is 4. The van der Waals surface area contributed by atoms with Gasteiger partial charge >= 0.3 is 0 Å². The molecule has 0 aromatic heterocycles. The molecular formula is C18H22ClFN2O3S. The molecule has 0 saturated carbocycles. The Bertz CT molecular complexity index is 876. The van der Waals surface area contributed by atoms with Gasteiger partial charge in [0, 0.05) is 25.2 Å². The maximum atomic E-state index is 13.4. The van der Waals surface area contributed by atoms with Crippen molar-refractivity contribution in [2.45, 2.75) is 17.9 Å². The molecule has 0 amide bonds. The van der Waals surface area contributed by atoms with Crippen molar-refractivity contribution in [3.8, 4) is 5.75 Å². The van der Waals surface area contributed by atoms with Gasteiger partial charge in [0.1, 0.15) is 11.6 Å². The van der Waals surface area contributed by atoms with Crippen LogP contribution in [0.25, 0.3) is 0 Å². The Balaban J connectivity index is 0.00000243. The molecule has 142 valence electrons. The van der Waals surface area contributed by atoms with Gasteiger partial charge in [0.15, 0.2) is 0 Å². The van der Waals surface area contributed by atoms with Gasteiger partial charge in [-0.15, -0.1) is 12.4 Å². The minimum absolute atomic E-state index is 0. The van der Waals surface area contributed by atoms with E-state index in [-0.39, 0.29) is 23.3 Å². The zero-order valence-electron chi connectivity index (χ0n) is 14.6. The Morgan fingerprint density at radius 3 is 2.65 bits per heavy atom. The summed E-state index contributed by atoms with van der Waals surface area (Å²) >= 11 is 0. The predicted molar refractivity (Wildman–Crippen MR) is 101 cm³/mol. The van der Waals surface area contributed by atoms with E-state index in [0.29, 0.717) is 30.9 Å². The van der Waals surface area contributed by atoms with Crippen molar-refractivity contribution < 1.29 is 17.5 Å². The van der Waals surface area contributed by atoms with Gasteiger partial charge in [-0.2, -0.15) is 4.31 Å². The number of nitrogens with one attached hydrogen (secondary N) is 1. The van der Waals surface area contributed by atoms with E-state index in [1.54, 1.807) is 14.0 Å². The van der Waals surface area contributed by atoms with Crippen LogP contribution in [-0.2, 0) is 10.0 Å². The fourth-order valence-corrected chi connectivity index (χ4v) is 5.02. The number of aryl methyl sites for hydroxylation is 1. The summed E-state index contributed by atoms with van der Waals surface area (Å²) in [5.41, 5.74) is 1.21. The number of sulfonamides is 1. The number of benzene rings is 2.